The van der Waals surface area contributed by atoms with Gasteiger partial charge in [0, 0.05) is 11.1 Å². The number of nitrogens with two attached hydrogens (primary N) is 1. The second-order valence-electron chi connectivity index (χ2n) is 3.99. The summed E-state index contributed by atoms with van der Waals surface area (Å²) in [6.45, 7) is 4.16. The summed E-state index contributed by atoms with van der Waals surface area (Å²) in [5, 5.41) is 0.558. The minimum Gasteiger partial charge on any atom is -0.327 e. The number of rotatable bonds is 4. The van der Waals surface area contributed by atoms with Crippen LogP contribution in [0.2, 0.25) is 5.02 Å². The monoisotopic (exact) mass is 229 g/mol. The molecule has 0 radical (unpaired) electrons. The highest BCUT2D eigenvalue weighted by Gasteiger charge is 2.13. The number of benzene rings is 1. The van der Waals surface area contributed by atoms with Crippen molar-refractivity contribution in [3.8, 4) is 0 Å². The first-order valence-corrected chi connectivity index (χ1v) is 5.62. The Hall–Kier alpha value is -0.600. The summed E-state index contributed by atoms with van der Waals surface area (Å²) in [6.07, 6.45) is 1.55. The van der Waals surface area contributed by atoms with Crippen LogP contribution in [-0.2, 0) is 6.42 Å². The maximum absolute atomic E-state index is 13.4. The molecule has 0 aliphatic heterocycles. The minimum atomic E-state index is -0.224. The first-order valence-electron chi connectivity index (χ1n) is 5.24. The van der Waals surface area contributed by atoms with Crippen LogP contribution in [0.3, 0.4) is 0 Å². The third kappa shape index (κ3) is 3.47. The van der Waals surface area contributed by atoms with E-state index in [-0.39, 0.29) is 11.9 Å². The maximum atomic E-state index is 13.4. The van der Waals surface area contributed by atoms with Gasteiger partial charge in [-0.15, -0.1) is 0 Å². The molecule has 84 valence electrons. The van der Waals surface area contributed by atoms with E-state index in [1.165, 1.54) is 6.07 Å². The number of halogens is 2. The van der Waals surface area contributed by atoms with E-state index in [9.17, 15) is 4.39 Å². The van der Waals surface area contributed by atoms with Gasteiger partial charge in [-0.3, -0.25) is 0 Å². The van der Waals surface area contributed by atoms with Gasteiger partial charge in [-0.1, -0.05) is 31.9 Å². The Balaban J connectivity index is 2.75. The third-order valence-corrected chi connectivity index (χ3v) is 3.07. The molecule has 0 amide bonds. The van der Waals surface area contributed by atoms with E-state index in [0.29, 0.717) is 22.9 Å². The van der Waals surface area contributed by atoms with Gasteiger partial charge < -0.3 is 5.73 Å². The van der Waals surface area contributed by atoms with Crippen molar-refractivity contribution >= 4 is 11.6 Å². The lowest BCUT2D eigenvalue weighted by Gasteiger charge is -2.18. The molecule has 1 aromatic carbocycles. The molecule has 15 heavy (non-hydrogen) atoms. The van der Waals surface area contributed by atoms with Crippen LogP contribution in [0.15, 0.2) is 18.2 Å². The highest BCUT2D eigenvalue weighted by Crippen LogP contribution is 2.18. The first kappa shape index (κ1) is 12.5. The summed E-state index contributed by atoms with van der Waals surface area (Å²) in [7, 11) is 0. The summed E-state index contributed by atoms with van der Waals surface area (Å²) in [5.41, 5.74) is 6.58. The average molecular weight is 230 g/mol. The van der Waals surface area contributed by atoms with E-state index in [4.69, 9.17) is 17.3 Å². The lowest BCUT2D eigenvalue weighted by molar-refractivity contribution is 0.434. The summed E-state index contributed by atoms with van der Waals surface area (Å²) in [5.74, 6) is 0.168. The fraction of sp³-hybridized carbons (Fsp3) is 0.500. The van der Waals surface area contributed by atoms with Crippen LogP contribution in [0.1, 0.15) is 25.8 Å². The summed E-state index contributed by atoms with van der Waals surface area (Å²) >= 11 is 5.81. The van der Waals surface area contributed by atoms with Crippen LogP contribution in [0.5, 0.6) is 0 Å². The van der Waals surface area contributed by atoms with Gasteiger partial charge in [-0.2, -0.15) is 0 Å². The summed E-state index contributed by atoms with van der Waals surface area (Å²) in [4.78, 5) is 0. The van der Waals surface area contributed by atoms with Crippen LogP contribution >= 0.6 is 11.6 Å². The molecule has 2 N–H and O–H groups in total. The normalized spacial score (nSPS) is 15.0. The van der Waals surface area contributed by atoms with E-state index in [2.05, 4.69) is 13.8 Å². The molecule has 1 rings (SSSR count). The standard InChI is InChI=1S/C12H17ClFN/c1-3-8(2)12(15)7-9-6-10(13)4-5-11(9)14/h4-6,8,12H,3,7,15H2,1-2H3. The molecule has 1 aromatic rings. The van der Waals surface area contributed by atoms with Gasteiger partial charge in [0.05, 0.1) is 0 Å². The second-order valence-corrected chi connectivity index (χ2v) is 4.43. The zero-order chi connectivity index (χ0) is 11.4. The molecule has 3 heteroatoms. The van der Waals surface area contributed by atoms with Gasteiger partial charge in [-0.05, 0) is 36.1 Å². The van der Waals surface area contributed by atoms with Crippen molar-refractivity contribution < 1.29 is 4.39 Å². The Bertz CT molecular complexity index is 327. The molecule has 0 spiro atoms. The van der Waals surface area contributed by atoms with Crippen molar-refractivity contribution in [1.82, 2.24) is 0 Å². The third-order valence-electron chi connectivity index (χ3n) is 2.84. The van der Waals surface area contributed by atoms with Crippen molar-refractivity contribution in [2.45, 2.75) is 32.7 Å². The molecule has 0 saturated heterocycles. The lowest BCUT2D eigenvalue weighted by atomic mass is 9.94. The Kier molecular flexibility index (Phi) is 4.55. The van der Waals surface area contributed by atoms with Crippen LogP contribution in [-0.4, -0.2) is 6.04 Å². The van der Waals surface area contributed by atoms with E-state index >= 15 is 0 Å². The van der Waals surface area contributed by atoms with Crippen molar-refractivity contribution in [2.24, 2.45) is 11.7 Å². The largest absolute Gasteiger partial charge is 0.327 e. The molecule has 0 fully saturated rings. The molecule has 0 heterocycles. The second kappa shape index (κ2) is 5.47. The Morgan fingerprint density at radius 1 is 1.47 bits per heavy atom. The van der Waals surface area contributed by atoms with Crippen LogP contribution < -0.4 is 5.73 Å². The fourth-order valence-corrected chi connectivity index (χ4v) is 1.65. The zero-order valence-electron chi connectivity index (χ0n) is 9.13. The van der Waals surface area contributed by atoms with Crippen LogP contribution in [0, 0.1) is 11.7 Å². The summed E-state index contributed by atoms with van der Waals surface area (Å²) < 4.78 is 13.4. The van der Waals surface area contributed by atoms with E-state index in [0.717, 1.165) is 6.42 Å². The van der Waals surface area contributed by atoms with Crippen molar-refractivity contribution in [3.63, 3.8) is 0 Å². The SMILES string of the molecule is CCC(C)C(N)Cc1cc(Cl)ccc1F. The maximum Gasteiger partial charge on any atom is 0.126 e. The van der Waals surface area contributed by atoms with Crippen LogP contribution in [0.4, 0.5) is 4.39 Å². The molecule has 0 aromatic heterocycles. The highest BCUT2D eigenvalue weighted by molar-refractivity contribution is 6.30. The molecule has 2 atom stereocenters. The van der Waals surface area contributed by atoms with E-state index in [1.807, 2.05) is 0 Å². The van der Waals surface area contributed by atoms with E-state index < -0.39 is 0 Å². The number of hydrogen-bond donors (Lipinski definition) is 1. The highest BCUT2D eigenvalue weighted by atomic mass is 35.5. The molecule has 0 aliphatic rings. The molecule has 0 aliphatic carbocycles. The van der Waals surface area contributed by atoms with Gasteiger partial charge in [0.15, 0.2) is 0 Å². The smallest absolute Gasteiger partial charge is 0.126 e. The Morgan fingerprint density at radius 3 is 2.73 bits per heavy atom. The van der Waals surface area contributed by atoms with E-state index in [1.54, 1.807) is 12.1 Å². The van der Waals surface area contributed by atoms with Gasteiger partial charge in [-0.25, -0.2) is 4.39 Å². The lowest BCUT2D eigenvalue weighted by Crippen LogP contribution is -2.30. The molecular formula is C12H17ClFN. The van der Waals surface area contributed by atoms with Gasteiger partial charge in [0.1, 0.15) is 5.82 Å². The van der Waals surface area contributed by atoms with Crippen molar-refractivity contribution in [3.05, 3.63) is 34.6 Å². The predicted octanol–water partition coefficient (Wildman–Crippen LogP) is 3.40. The Morgan fingerprint density at radius 2 is 2.13 bits per heavy atom. The Labute approximate surface area is 95.4 Å². The van der Waals surface area contributed by atoms with Crippen LogP contribution in [0.25, 0.3) is 0 Å². The number of hydrogen-bond acceptors (Lipinski definition) is 1. The molecule has 2 unspecified atom stereocenters. The minimum absolute atomic E-state index is 0.0111. The predicted molar refractivity (Wildman–Crippen MR) is 62.5 cm³/mol. The first-order chi connectivity index (χ1) is 7.04. The zero-order valence-corrected chi connectivity index (χ0v) is 9.89. The molecule has 1 nitrogen and oxygen atoms in total. The quantitative estimate of drug-likeness (QED) is 0.842. The fourth-order valence-electron chi connectivity index (χ4n) is 1.46. The van der Waals surface area contributed by atoms with Gasteiger partial charge in [0.2, 0.25) is 0 Å². The van der Waals surface area contributed by atoms with Gasteiger partial charge >= 0.3 is 0 Å². The van der Waals surface area contributed by atoms with Gasteiger partial charge in [0.25, 0.3) is 0 Å². The average Bonchev–Trinajstić information content (AvgIpc) is 2.22. The summed E-state index contributed by atoms with van der Waals surface area (Å²) in [6, 6.07) is 4.58. The molecular weight excluding hydrogens is 213 g/mol. The van der Waals surface area contributed by atoms with Crippen molar-refractivity contribution in [2.75, 3.05) is 0 Å². The molecule has 0 saturated carbocycles. The molecule has 0 bridgehead atoms. The van der Waals surface area contributed by atoms with Crippen molar-refractivity contribution in [1.29, 1.82) is 0 Å². The topological polar surface area (TPSA) is 26.0 Å².